The van der Waals surface area contributed by atoms with Gasteiger partial charge in [0.25, 0.3) is 0 Å². The van der Waals surface area contributed by atoms with Crippen LogP contribution >= 0.6 is 0 Å². The number of hydrogen-bond acceptors (Lipinski definition) is 2. The van der Waals surface area contributed by atoms with Crippen molar-refractivity contribution in [2.45, 2.75) is 26.7 Å². The van der Waals surface area contributed by atoms with Crippen molar-refractivity contribution in [1.29, 1.82) is 0 Å². The molecule has 1 N–H and O–H groups in total. The van der Waals surface area contributed by atoms with Gasteiger partial charge in [-0.15, -0.1) is 0 Å². The molecule has 0 spiro atoms. The molecule has 0 unspecified atom stereocenters. The van der Waals surface area contributed by atoms with Gasteiger partial charge in [-0.2, -0.15) is 0 Å². The second kappa shape index (κ2) is 7.54. The van der Waals surface area contributed by atoms with E-state index in [1.807, 2.05) is 12.1 Å². The average molecular weight is 240 g/mol. The molecule has 1 aliphatic rings. The Morgan fingerprint density at radius 2 is 2.28 bits per heavy atom. The molecule has 2 nitrogen and oxygen atoms in total. The van der Waals surface area contributed by atoms with E-state index in [0.717, 1.165) is 37.1 Å². The molecule has 0 aromatic carbocycles. The molecule has 1 heterocycles. The summed E-state index contributed by atoms with van der Waals surface area (Å²) in [5.41, 5.74) is 4.11. The van der Waals surface area contributed by atoms with Crippen LogP contribution in [0.15, 0.2) is 65.4 Å². The van der Waals surface area contributed by atoms with E-state index in [1.165, 1.54) is 5.57 Å². The van der Waals surface area contributed by atoms with Crippen molar-refractivity contribution in [1.82, 2.24) is 5.32 Å². The molecule has 0 aromatic heterocycles. The van der Waals surface area contributed by atoms with Crippen LogP contribution in [0.1, 0.15) is 26.7 Å². The van der Waals surface area contributed by atoms with E-state index in [2.05, 4.69) is 49.5 Å². The van der Waals surface area contributed by atoms with E-state index in [0.29, 0.717) is 0 Å². The highest BCUT2D eigenvalue weighted by molar-refractivity contribution is 6.79. The van der Waals surface area contributed by atoms with Crippen LogP contribution in [0.4, 0.5) is 0 Å². The van der Waals surface area contributed by atoms with Gasteiger partial charge in [0.15, 0.2) is 0 Å². The highest BCUT2D eigenvalue weighted by Gasteiger charge is 2.06. The van der Waals surface area contributed by atoms with Crippen molar-refractivity contribution in [2.75, 3.05) is 0 Å². The first-order valence-electron chi connectivity index (χ1n) is 6.42. The zero-order valence-electron chi connectivity index (χ0n) is 11.4. The summed E-state index contributed by atoms with van der Waals surface area (Å²) in [7, 11) is 0.842. The van der Waals surface area contributed by atoms with Gasteiger partial charge in [0.2, 0.25) is 7.28 Å². The van der Waals surface area contributed by atoms with Crippen molar-refractivity contribution >= 4 is 13.0 Å². The summed E-state index contributed by atoms with van der Waals surface area (Å²) in [5, 5.41) is 3.23. The predicted octanol–water partition coefficient (Wildman–Crippen LogP) is 3.23. The van der Waals surface area contributed by atoms with Gasteiger partial charge in [-0.3, -0.25) is 4.99 Å². The van der Waals surface area contributed by atoms with Crippen molar-refractivity contribution in [3.63, 3.8) is 0 Å². The standard InChI is InChI=1S/C15H21BN2/c1-5-8-13(6-2)11-14(7-3)12(4)18-15-16-9-10-17-15/h7-11,16H,3-6H2,1-2H3,(H,17,18)/b13-8-,14-11+. The van der Waals surface area contributed by atoms with Gasteiger partial charge in [-0.1, -0.05) is 56.8 Å². The molecule has 0 fully saturated rings. The Hall–Kier alpha value is -1.77. The van der Waals surface area contributed by atoms with Crippen LogP contribution in [0.25, 0.3) is 0 Å². The first-order chi connectivity index (χ1) is 8.71. The highest BCUT2D eigenvalue weighted by Crippen LogP contribution is 2.13. The molecule has 1 aliphatic heterocycles. The summed E-state index contributed by atoms with van der Waals surface area (Å²) >= 11 is 0. The molecule has 0 amide bonds. The summed E-state index contributed by atoms with van der Waals surface area (Å²) < 4.78 is 0. The molecule has 0 bridgehead atoms. The van der Waals surface area contributed by atoms with E-state index in [9.17, 15) is 0 Å². The number of amidine groups is 1. The zero-order valence-corrected chi connectivity index (χ0v) is 11.4. The second-order valence-electron chi connectivity index (χ2n) is 4.11. The summed E-state index contributed by atoms with van der Waals surface area (Å²) in [6.07, 6.45) is 10.1. The third-order valence-corrected chi connectivity index (χ3v) is 2.73. The number of aliphatic imine (C=N–C) groups is 1. The van der Waals surface area contributed by atoms with Gasteiger partial charge in [0.1, 0.15) is 0 Å². The molecule has 0 saturated heterocycles. The Kier molecular flexibility index (Phi) is 5.99. The molecule has 3 heteroatoms. The van der Waals surface area contributed by atoms with Crippen LogP contribution in [0.5, 0.6) is 0 Å². The first kappa shape index (κ1) is 14.3. The minimum atomic E-state index is 0.842. The minimum absolute atomic E-state index is 0.842. The smallest absolute Gasteiger partial charge is 0.231 e. The molecule has 18 heavy (non-hydrogen) atoms. The molecule has 0 radical (unpaired) electrons. The molecular weight excluding hydrogens is 219 g/mol. The third kappa shape index (κ3) is 4.25. The van der Waals surface area contributed by atoms with E-state index in [4.69, 9.17) is 0 Å². The monoisotopic (exact) mass is 240 g/mol. The highest BCUT2D eigenvalue weighted by atomic mass is 15.0. The number of rotatable bonds is 6. The third-order valence-electron chi connectivity index (χ3n) is 2.73. The SMILES string of the molecule is C=C/C(=C\C(=C/CC)CC)C(=C)NC1=NC=CB1. The zero-order chi connectivity index (χ0) is 13.4. The van der Waals surface area contributed by atoms with Crippen LogP contribution in [-0.4, -0.2) is 13.0 Å². The van der Waals surface area contributed by atoms with Gasteiger partial charge in [-0.25, -0.2) is 0 Å². The Morgan fingerprint density at radius 1 is 1.50 bits per heavy atom. The topological polar surface area (TPSA) is 24.4 Å². The van der Waals surface area contributed by atoms with E-state index in [1.54, 1.807) is 6.20 Å². The Balaban J connectivity index is 2.75. The summed E-state index contributed by atoms with van der Waals surface area (Å²) in [5.74, 6) is 2.02. The molecule has 1 rings (SSSR count). The van der Waals surface area contributed by atoms with Crippen molar-refractivity contribution < 1.29 is 0 Å². The lowest BCUT2D eigenvalue weighted by atomic mass is 9.78. The van der Waals surface area contributed by atoms with Crippen LogP contribution < -0.4 is 5.32 Å². The van der Waals surface area contributed by atoms with Gasteiger partial charge >= 0.3 is 0 Å². The van der Waals surface area contributed by atoms with Crippen molar-refractivity contribution in [3.05, 3.63) is 60.4 Å². The van der Waals surface area contributed by atoms with Gasteiger partial charge < -0.3 is 5.32 Å². The van der Waals surface area contributed by atoms with Crippen LogP contribution in [0, 0.1) is 0 Å². The summed E-state index contributed by atoms with van der Waals surface area (Å²) in [4.78, 5) is 4.22. The van der Waals surface area contributed by atoms with Gasteiger partial charge in [0.05, 0.1) is 5.73 Å². The Bertz CT molecular complexity index is 439. The summed E-state index contributed by atoms with van der Waals surface area (Å²) in [6.45, 7) is 12.2. The fraction of sp³-hybridized carbons (Fsp3) is 0.267. The maximum atomic E-state index is 4.22. The summed E-state index contributed by atoms with van der Waals surface area (Å²) in [6, 6.07) is 0. The Labute approximate surface area is 111 Å². The quantitative estimate of drug-likeness (QED) is 0.559. The first-order valence-corrected chi connectivity index (χ1v) is 6.42. The van der Waals surface area contributed by atoms with Crippen LogP contribution in [0.3, 0.4) is 0 Å². The molecule has 0 atom stereocenters. The normalized spacial score (nSPS) is 15.1. The lowest BCUT2D eigenvalue weighted by molar-refractivity contribution is 1.09. The number of nitrogens with one attached hydrogen (secondary N) is 1. The second-order valence-corrected chi connectivity index (χ2v) is 4.11. The molecule has 0 aliphatic carbocycles. The number of nitrogens with zero attached hydrogens (tertiary/aromatic N) is 1. The van der Waals surface area contributed by atoms with Crippen molar-refractivity contribution in [2.24, 2.45) is 4.99 Å². The molecular formula is C15H21BN2. The minimum Gasteiger partial charge on any atom is -0.352 e. The van der Waals surface area contributed by atoms with Crippen LogP contribution in [-0.2, 0) is 0 Å². The molecule has 0 aromatic rings. The van der Waals surface area contributed by atoms with Gasteiger partial charge in [0, 0.05) is 11.9 Å². The maximum absolute atomic E-state index is 4.22. The predicted molar refractivity (Wildman–Crippen MR) is 82.9 cm³/mol. The largest absolute Gasteiger partial charge is 0.352 e. The Morgan fingerprint density at radius 3 is 2.78 bits per heavy atom. The van der Waals surface area contributed by atoms with E-state index < -0.39 is 0 Å². The fourth-order valence-corrected chi connectivity index (χ4v) is 1.73. The van der Waals surface area contributed by atoms with Crippen LogP contribution in [0.2, 0.25) is 0 Å². The van der Waals surface area contributed by atoms with E-state index in [-0.39, 0.29) is 0 Å². The van der Waals surface area contributed by atoms with E-state index >= 15 is 0 Å². The molecule has 94 valence electrons. The number of hydrogen-bond donors (Lipinski definition) is 1. The van der Waals surface area contributed by atoms with Crippen molar-refractivity contribution in [3.8, 4) is 0 Å². The molecule has 0 saturated carbocycles. The number of allylic oxidation sites excluding steroid dienone is 4. The maximum Gasteiger partial charge on any atom is 0.231 e. The lowest BCUT2D eigenvalue weighted by Crippen LogP contribution is -2.25. The lowest BCUT2D eigenvalue weighted by Gasteiger charge is -2.11. The average Bonchev–Trinajstić information content (AvgIpc) is 2.87. The van der Waals surface area contributed by atoms with Gasteiger partial charge in [-0.05, 0) is 18.4 Å². The fourth-order valence-electron chi connectivity index (χ4n) is 1.73.